The second kappa shape index (κ2) is 6.01. The average molecular weight is 297 g/mol. The van der Waals surface area contributed by atoms with Gasteiger partial charge in [0.05, 0.1) is 6.54 Å². The molecular weight excluding hydrogens is 278 g/mol. The molecule has 22 heavy (non-hydrogen) atoms. The quantitative estimate of drug-likeness (QED) is 0.757. The Hall–Kier alpha value is -2.63. The number of H-pyrrole nitrogens is 1. The van der Waals surface area contributed by atoms with Crippen LogP contribution in [0.15, 0.2) is 41.5 Å². The summed E-state index contributed by atoms with van der Waals surface area (Å²) in [6.45, 7) is 5.52. The first-order valence-corrected chi connectivity index (χ1v) is 7.36. The Balaban J connectivity index is 2.00. The lowest BCUT2D eigenvalue weighted by atomic mass is 10.2. The minimum absolute atomic E-state index is 0.174. The normalized spacial score (nSPS) is 11.2. The van der Waals surface area contributed by atoms with Crippen LogP contribution in [-0.2, 0) is 6.54 Å². The fourth-order valence-electron chi connectivity index (χ4n) is 2.31. The van der Waals surface area contributed by atoms with Gasteiger partial charge in [0.25, 0.3) is 0 Å². The van der Waals surface area contributed by atoms with Gasteiger partial charge in [-0.15, -0.1) is 0 Å². The third-order valence-electron chi connectivity index (χ3n) is 3.42. The van der Waals surface area contributed by atoms with Gasteiger partial charge in [-0.3, -0.25) is 4.57 Å². The summed E-state index contributed by atoms with van der Waals surface area (Å²) in [7, 11) is 0. The van der Waals surface area contributed by atoms with Crippen LogP contribution in [0.25, 0.3) is 11.2 Å². The van der Waals surface area contributed by atoms with Gasteiger partial charge in [0, 0.05) is 6.54 Å². The molecule has 0 aliphatic rings. The Labute approximate surface area is 128 Å². The van der Waals surface area contributed by atoms with Crippen LogP contribution < -0.4 is 11.0 Å². The Morgan fingerprint density at radius 3 is 2.73 bits per heavy atom. The Morgan fingerprint density at radius 1 is 1.23 bits per heavy atom. The van der Waals surface area contributed by atoms with Crippen LogP contribution in [0.4, 0.5) is 5.82 Å². The lowest BCUT2D eigenvalue weighted by Gasteiger charge is -2.08. The monoisotopic (exact) mass is 297 g/mol. The van der Waals surface area contributed by atoms with Crippen molar-refractivity contribution in [3.63, 3.8) is 0 Å². The molecule has 2 aromatic heterocycles. The van der Waals surface area contributed by atoms with Crippen LogP contribution in [-0.4, -0.2) is 26.1 Å². The molecule has 6 heteroatoms. The van der Waals surface area contributed by atoms with Crippen molar-refractivity contribution in [2.24, 2.45) is 5.92 Å². The number of aromatic nitrogens is 4. The van der Waals surface area contributed by atoms with E-state index in [1.165, 1.54) is 6.33 Å². The highest BCUT2D eigenvalue weighted by Gasteiger charge is 2.13. The van der Waals surface area contributed by atoms with Crippen molar-refractivity contribution in [3.05, 3.63) is 52.7 Å². The smallest absolute Gasteiger partial charge is 0.328 e. The molecule has 0 fully saturated rings. The molecular formula is C16H19N5O. The third-order valence-corrected chi connectivity index (χ3v) is 3.42. The first kappa shape index (κ1) is 14.3. The van der Waals surface area contributed by atoms with E-state index in [0.717, 1.165) is 12.1 Å². The zero-order chi connectivity index (χ0) is 15.5. The second-order valence-corrected chi connectivity index (χ2v) is 5.70. The molecule has 2 heterocycles. The summed E-state index contributed by atoms with van der Waals surface area (Å²) in [4.78, 5) is 23.6. The fourth-order valence-corrected chi connectivity index (χ4v) is 2.31. The minimum Gasteiger partial charge on any atom is -0.368 e. The predicted molar refractivity (Wildman–Crippen MR) is 87.0 cm³/mol. The van der Waals surface area contributed by atoms with Gasteiger partial charge in [0.15, 0.2) is 11.5 Å². The van der Waals surface area contributed by atoms with Crippen LogP contribution in [0.2, 0.25) is 0 Å². The molecule has 0 amide bonds. The summed E-state index contributed by atoms with van der Waals surface area (Å²) in [6.07, 6.45) is 1.49. The standard InChI is InChI=1S/C16H19N5O/c1-11(2)8-17-14-13-15(19-10-18-14)21(16(22)20-13)9-12-6-4-3-5-7-12/h3-7,10-11H,8-9H2,1-2H3,(H,20,22)(H,17,18,19). The van der Waals surface area contributed by atoms with Gasteiger partial charge in [0.2, 0.25) is 0 Å². The van der Waals surface area contributed by atoms with Gasteiger partial charge < -0.3 is 10.3 Å². The zero-order valence-corrected chi connectivity index (χ0v) is 12.7. The van der Waals surface area contributed by atoms with E-state index in [4.69, 9.17) is 0 Å². The Kier molecular flexibility index (Phi) is 3.91. The van der Waals surface area contributed by atoms with Crippen LogP contribution in [0.1, 0.15) is 19.4 Å². The summed E-state index contributed by atoms with van der Waals surface area (Å²) in [5, 5.41) is 3.26. The molecule has 3 rings (SSSR count). The lowest BCUT2D eigenvalue weighted by Crippen LogP contribution is -2.17. The van der Waals surface area contributed by atoms with Gasteiger partial charge in [-0.1, -0.05) is 44.2 Å². The van der Waals surface area contributed by atoms with Crippen LogP contribution in [0.3, 0.4) is 0 Å². The van der Waals surface area contributed by atoms with E-state index in [-0.39, 0.29) is 5.69 Å². The van der Waals surface area contributed by atoms with E-state index >= 15 is 0 Å². The van der Waals surface area contributed by atoms with Crippen molar-refractivity contribution in [1.29, 1.82) is 0 Å². The Bertz CT molecular complexity index is 819. The molecule has 6 nitrogen and oxygen atoms in total. The molecule has 3 aromatic rings. The fraction of sp³-hybridized carbons (Fsp3) is 0.312. The van der Waals surface area contributed by atoms with Crippen molar-refractivity contribution in [2.45, 2.75) is 20.4 Å². The maximum absolute atomic E-state index is 12.2. The van der Waals surface area contributed by atoms with E-state index in [9.17, 15) is 4.79 Å². The van der Waals surface area contributed by atoms with Gasteiger partial charge in [-0.25, -0.2) is 14.8 Å². The average Bonchev–Trinajstić information content (AvgIpc) is 2.83. The van der Waals surface area contributed by atoms with Crippen molar-refractivity contribution in [1.82, 2.24) is 19.5 Å². The van der Waals surface area contributed by atoms with Gasteiger partial charge in [-0.2, -0.15) is 0 Å². The van der Waals surface area contributed by atoms with Crippen LogP contribution in [0, 0.1) is 5.92 Å². The predicted octanol–water partition coefficient (Wildman–Crippen LogP) is 2.24. The second-order valence-electron chi connectivity index (χ2n) is 5.70. The van der Waals surface area contributed by atoms with E-state index in [0.29, 0.717) is 29.4 Å². The van der Waals surface area contributed by atoms with Gasteiger partial charge >= 0.3 is 5.69 Å². The highest BCUT2D eigenvalue weighted by Crippen LogP contribution is 2.16. The Morgan fingerprint density at radius 2 is 2.00 bits per heavy atom. The maximum Gasteiger partial charge on any atom is 0.328 e. The molecule has 0 aliphatic heterocycles. The first-order chi connectivity index (χ1) is 10.6. The van der Waals surface area contributed by atoms with E-state index in [1.807, 2.05) is 30.3 Å². The minimum atomic E-state index is -0.174. The molecule has 2 N–H and O–H groups in total. The molecule has 0 unspecified atom stereocenters. The summed E-state index contributed by atoms with van der Waals surface area (Å²) >= 11 is 0. The molecule has 0 spiro atoms. The van der Waals surface area contributed by atoms with E-state index in [1.54, 1.807) is 4.57 Å². The number of nitrogens with zero attached hydrogens (tertiary/aromatic N) is 3. The van der Waals surface area contributed by atoms with Crippen molar-refractivity contribution < 1.29 is 0 Å². The zero-order valence-electron chi connectivity index (χ0n) is 12.7. The molecule has 1 aromatic carbocycles. The molecule has 0 bridgehead atoms. The van der Waals surface area contributed by atoms with Crippen molar-refractivity contribution >= 4 is 17.0 Å². The van der Waals surface area contributed by atoms with Gasteiger partial charge in [-0.05, 0) is 11.5 Å². The number of hydrogen-bond acceptors (Lipinski definition) is 4. The number of fused-ring (bicyclic) bond motifs is 1. The SMILES string of the molecule is CC(C)CNc1ncnc2c1[nH]c(=O)n2Cc1ccccc1. The highest BCUT2D eigenvalue weighted by molar-refractivity contribution is 5.82. The first-order valence-electron chi connectivity index (χ1n) is 7.36. The van der Waals surface area contributed by atoms with E-state index in [2.05, 4.69) is 34.1 Å². The van der Waals surface area contributed by atoms with Gasteiger partial charge in [0.1, 0.15) is 11.8 Å². The van der Waals surface area contributed by atoms with E-state index < -0.39 is 0 Å². The summed E-state index contributed by atoms with van der Waals surface area (Å²) in [6, 6.07) is 9.85. The highest BCUT2D eigenvalue weighted by atomic mass is 16.1. The molecule has 0 atom stereocenters. The number of rotatable bonds is 5. The lowest BCUT2D eigenvalue weighted by molar-refractivity contribution is 0.687. The molecule has 0 aliphatic carbocycles. The summed E-state index contributed by atoms with van der Waals surface area (Å²) < 4.78 is 1.63. The third kappa shape index (κ3) is 2.86. The van der Waals surface area contributed by atoms with Crippen molar-refractivity contribution in [3.8, 4) is 0 Å². The number of nitrogens with one attached hydrogen (secondary N) is 2. The maximum atomic E-state index is 12.2. The topological polar surface area (TPSA) is 75.6 Å². The van der Waals surface area contributed by atoms with Crippen LogP contribution >= 0.6 is 0 Å². The number of imidazole rings is 1. The number of anilines is 1. The summed E-state index contributed by atoms with van der Waals surface area (Å²) in [5.74, 6) is 1.16. The number of hydrogen-bond donors (Lipinski definition) is 2. The van der Waals surface area contributed by atoms with Crippen LogP contribution in [0.5, 0.6) is 0 Å². The number of benzene rings is 1. The summed E-state index contributed by atoms with van der Waals surface area (Å²) in [5.41, 5.74) is 2.16. The van der Waals surface area contributed by atoms with Crippen molar-refractivity contribution in [2.75, 3.05) is 11.9 Å². The molecule has 0 saturated carbocycles. The molecule has 0 radical (unpaired) electrons. The molecule has 0 saturated heterocycles. The number of aromatic amines is 1. The largest absolute Gasteiger partial charge is 0.368 e. The molecule has 114 valence electrons.